The lowest BCUT2D eigenvalue weighted by atomic mass is 10.1. The second kappa shape index (κ2) is 8.88. The molecule has 0 atom stereocenters. The molecule has 0 unspecified atom stereocenters. The lowest BCUT2D eigenvalue weighted by molar-refractivity contribution is 0.336. The second-order valence-electron chi connectivity index (χ2n) is 5.08. The van der Waals surface area contributed by atoms with E-state index in [2.05, 4.69) is 60.4 Å². The molecule has 0 saturated carbocycles. The molecule has 0 aliphatic heterocycles. The number of rotatable bonds is 8. The van der Waals surface area contributed by atoms with Gasteiger partial charge in [-0.15, -0.1) is 0 Å². The van der Waals surface area contributed by atoms with Crippen molar-refractivity contribution in [3.63, 3.8) is 0 Å². The molecule has 1 rings (SSSR count). The molecule has 0 fully saturated rings. The van der Waals surface area contributed by atoms with Crippen molar-refractivity contribution in [2.24, 2.45) is 5.92 Å². The van der Waals surface area contributed by atoms with E-state index in [0.717, 1.165) is 35.7 Å². The van der Waals surface area contributed by atoms with Crippen molar-refractivity contribution in [2.75, 3.05) is 25.2 Å². The van der Waals surface area contributed by atoms with Crippen LogP contribution in [0.5, 0.6) is 5.75 Å². The van der Waals surface area contributed by atoms with E-state index < -0.39 is 0 Å². The maximum absolute atomic E-state index is 5.94. The van der Waals surface area contributed by atoms with Crippen molar-refractivity contribution in [3.8, 4) is 5.75 Å². The quantitative estimate of drug-likeness (QED) is 0.711. The number of halogens is 1. The highest BCUT2D eigenvalue weighted by Crippen LogP contribution is 2.28. The van der Waals surface area contributed by atoms with Gasteiger partial charge in [0.1, 0.15) is 5.75 Å². The molecule has 0 heterocycles. The van der Waals surface area contributed by atoms with Crippen molar-refractivity contribution < 1.29 is 4.74 Å². The molecule has 2 nitrogen and oxygen atoms in total. The van der Waals surface area contributed by atoms with Crippen LogP contribution in [0.3, 0.4) is 0 Å². The zero-order chi connectivity index (χ0) is 14.3. The molecular formula is C15H24BrNOS. The monoisotopic (exact) mass is 345 g/mol. The standard InChI is InChI=1S/C15H24BrNOS/c1-11(2)9-17-10-13-8-14(16)7-12(3)15(13)18-5-6-19-4/h7-8,11,17H,5-6,9-10H2,1-4H3. The van der Waals surface area contributed by atoms with E-state index in [-0.39, 0.29) is 0 Å². The predicted octanol–water partition coefficient (Wildman–Crippen LogP) is 4.24. The number of thioether (sulfide) groups is 1. The maximum atomic E-state index is 5.94. The van der Waals surface area contributed by atoms with Gasteiger partial charge in [-0.05, 0) is 43.3 Å². The van der Waals surface area contributed by atoms with Crippen LogP contribution >= 0.6 is 27.7 Å². The summed E-state index contributed by atoms with van der Waals surface area (Å²) in [6.07, 6.45) is 2.10. The lowest BCUT2D eigenvalue weighted by Crippen LogP contribution is -2.19. The van der Waals surface area contributed by atoms with Gasteiger partial charge in [-0.1, -0.05) is 29.8 Å². The molecule has 0 aliphatic rings. The Morgan fingerprint density at radius 1 is 1.37 bits per heavy atom. The number of benzene rings is 1. The Hall–Kier alpha value is -0.190. The highest BCUT2D eigenvalue weighted by molar-refractivity contribution is 9.10. The van der Waals surface area contributed by atoms with E-state index >= 15 is 0 Å². The van der Waals surface area contributed by atoms with Gasteiger partial charge in [0.15, 0.2) is 0 Å². The molecule has 0 spiro atoms. The van der Waals surface area contributed by atoms with Gasteiger partial charge in [-0.3, -0.25) is 0 Å². The minimum atomic E-state index is 0.661. The van der Waals surface area contributed by atoms with Crippen molar-refractivity contribution in [1.82, 2.24) is 5.32 Å². The number of hydrogen-bond acceptors (Lipinski definition) is 3. The van der Waals surface area contributed by atoms with Crippen LogP contribution in [0.1, 0.15) is 25.0 Å². The SMILES string of the molecule is CSCCOc1c(C)cc(Br)cc1CNCC(C)C. The van der Waals surface area contributed by atoms with E-state index in [1.54, 1.807) is 0 Å². The van der Waals surface area contributed by atoms with Crippen LogP contribution in [0.4, 0.5) is 0 Å². The summed E-state index contributed by atoms with van der Waals surface area (Å²) in [6, 6.07) is 4.26. The molecule has 0 bridgehead atoms. The summed E-state index contributed by atoms with van der Waals surface area (Å²) in [5, 5.41) is 3.48. The molecule has 1 N–H and O–H groups in total. The van der Waals surface area contributed by atoms with Gasteiger partial charge in [0.2, 0.25) is 0 Å². The first-order valence-corrected chi connectivity index (χ1v) is 8.84. The first-order chi connectivity index (χ1) is 9.04. The number of aryl methyl sites for hydroxylation is 1. The summed E-state index contributed by atoms with van der Waals surface area (Å²) in [6.45, 7) is 9.18. The fourth-order valence-corrected chi connectivity index (χ4v) is 2.73. The van der Waals surface area contributed by atoms with Gasteiger partial charge in [0, 0.05) is 22.3 Å². The maximum Gasteiger partial charge on any atom is 0.126 e. The van der Waals surface area contributed by atoms with Crippen LogP contribution in [0.15, 0.2) is 16.6 Å². The van der Waals surface area contributed by atoms with Crippen molar-refractivity contribution >= 4 is 27.7 Å². The fourth-order valence-electron chi connectivity index (χ4n) is 1.86. The van der Waals surface area contributed by atoms with E-state index in [1.165, 1.54) is 11.1 Å². The Morgan fingerprint density at radius 2 is 2.11 bits per heavy atom. The Morgan fingerprint density at radius 3 is 2.74 bits per heavy atom. The smallest absolute Gasteiger partial charge is 0.126 e. The Labute approximate surface area is 129 Å². The van der Waals surface area contributed by atoms with Crippen LogP contribution < -0.4 is 10.1 Å². The second-order valence-corrected chi connectivity index (χ2v) is 6.98. The highest BCUT2D eigenvalue weighted by atomic mass is 79.9. The molecule has 0 aromatic heterocycles. The van der Waals surface area contributed by atoms with Crippen LogP contribution in [-0.4, -0.2) is 25.2 Å². The molecule has 0 radical (unpaired) electrons. The average Bonchev–Trinajstić information content (AvgIpc) is 2.32. The third-order valence-electron chi connectivity index (χ3n) is 2.72. The summed E-state index contributed by atoms with van der Waals surface area (Å²) in [5.74, 6) is 2.72. The topological polar surface area (TPSA) is 21.3 Å². The minimum Gasteiger partial charge on any atom is -0.492 e. The largest absolute Gasteiger partial charge is 0.492 e. The molecule has 0 saturated heterocycles. The van der Waals surface area contributed by atoms with Gasteiger partial charge in [-0.25, -0.2) is 0 Å². The summed E-state index contributed by atoms with van der Waals surface area (Å²) >= 11 is 5.37. The third-order valence-corrected chi connectivity index (χ3v) is 3.75. The van der Waals surface area contributed by atoms with Crippen molar-refractivity contribution in [2.45, 2.75) is 27.3 Å². The van der Waals surface area contributed by atoms with Crippen LogP contribution in [0.2, 0.25) is 0 Å². The average molecular weight is 346 g/mol. The van der Waals surface area contributed by atoms with Crippen LogP contribution in [-0.2, 0) is 6.54 Å². The van der Waals surface area contributed by atoms with Gasteiger partial charge < -0.3 is 10.1 Å². The lowest BCUT2D eigenvalue weighted by Gasteiger charge is -2.16. The number of hydrogen-bond donors (Lipinski definition) is 1. The molecular weight excluding hydrogens is 322 g/mol. The fraction of sp³-hybridized carbons (Fsp3) is 0.600. The summed E-state index contributed by atoms with van der Waals surface area (Å²) in [7, 11) is 0. The molecule has 1 aromatic carbocycles. The van der Waals surface area contributed by atoms with Gasteiger partial charge >= 0.3 is 0 Å². The zero-order valence-corrected chi connectivity index (χ0v) is 14.7. The van der Waals surface area contributed by atoms with E-state index in [0.29, 0.717) is 5.92 Å². The van der Waals surface area contributed by atoms with E-state index in [9.17, 15) is 0 Å². The molecule has 108 valence electrons. The van der Waals surface area contributed by atoms with Crippen LogP contribution in [0.25, 0.3) is 0 Å². The first-order valence-electron chi connectivity index (χ1n) is 6.66. The third kappa shape index (κ3) is 6.19. The van der Waals surface area contributed by atoms with Gasteiger partial charge in [0.25, 0.3) is 0 Å². The molecule has 4 heteroatoms. The predicted molar refractivity (Wildman–Crippen MR) is 89.3 cm³/mol. The van der Waals surface area contributed by atoms with Crippen molar-refractivity contribution in [1.29, 1.82) is 0 Å². The molecule has 1 aromatic rings. The Bertz CT molecular complexity index is 396. The normalized spacial score (nSPS) is 11.1. The van der Waals surface area contributed by atoms with Crippen LogP contribution in [0, 0.1) is 12.8 Å². The summed E-state index contributed by atoms with van der Waals surface area (Å²) in [4.78, 5) is 0. The highest BCUT2D eigenvalue weighted by Gasteiger charge is 2.09. The minimum absolute atomic E-state index is 0.661. The summed E-state index contributed by atoms with van der Waals surface area (Å²) < 4.78 is 7.05. The number of ether oxygens (including phenoxy) is 1. The first kappa shape index (κ1) is 16.9. The molecule has 0 aliphatic carbocycles. The summed E-state index contributed by atoms with van der Waals surface area (Å²) in [5.41, 5.74) is 2.42. The zero-order valence-electron chi connectivity index (χ0n) is 12.3. The Balaban J connectivity index is 2.74. The molecule has 0 amide bonds. The van der Waals surface area contributed by atoms with Gasteiger partial charge in [-0.2, -0.15) is 11.8 Å². The van der Waals surface area contributed by atoms with Gasteiger partial charge in [0.05, 0.1) is 6.61 Å². The molecule has 19 heavy (non-hydrogen) atoms. The van der Waals surface area contributed by atoms with E-state index in [1.807, 2.05) is 11.8 Å². The Kier molecular flexibility index (Phi) is 7.88. The number of nitrogens with one attached hydrogen (secondary N) is 1. The van der Waals surface area contributed by atoms with E-state index in [4.69, 9.17) is 4.74 Å². The van der Waals surface area contributed by atoms with Crippen molar-refractivity contribution in [3.05, 3.63) is 27.7 Å².